The van der Waals surface area contributed by atoms with Gasteiger partial charge in [-0.15, -0.1) is 0 Å². The first-order valence-corrected chi connectivity index (χ1v) is 11.6. The van der Waals surface area contributed by atoms with Crippen molar-refractivity contribution >= 4 is 15.9 Å². The second-order valence-electron chi connectivity index (χ2n) is 7.53. The van der Waals surface area contributed by atoms with E-state index in [0.29, 0.717) is 30.9 Å². The summed E-state index contributed by atoms with van der Waals surface area (Å²) in [5, 5.41) is 2.90. The number of amides is 1. The zero-order valence-corrected chi connectivity index (χ0v) is 18.4. The Kier molecular flexibility index (Phi) is 7.50. The molecule has 2 aromatic rings. The zero-order valence-electron chi connectivity index (χ0n) is 17.6. The molecular formula is C22H27FN2O5S. The Hall–Kier alpha value is -2.65. The second-order valence-corrected chi connectivity index (χ2v) is 9.47. The quantitative estimate of drug-likeness (QED) is 0.669. The average molecular weight is 451 g/mol. The van der Waals surface area contributed by atoms with Crippen LogP contribution in [-0.4, -0.2) is 51.5 Å². The predicted octanol–water partition coefficient (Wildman–Crippen LogP) is 2.82. The highest BCUT2D eigenvalue weighted by molar-refractivity contribution is 7.89. The van der Waals surface area contributed by atoms with Crippen molar-refractivity contribution in [2.24, 2.45) is 5.92 Å². The van der Waals surface area contributed by atoms with Crippen molar-refractivity contribution in [2.75, 3.05) is 26.8 Å². The van der Waals surface area contributed by atoms with E-state index >= 15 is 0 Å². The Labute approximate surface area is 182 Å². The third kappa shape index (κ3) is 5.74. The summed E-state index contributed by atoms with van der Waals surface area (Å²) in [6.07, 6.45) is 1.17. The molecule has 0 spiro atoms. The minimum atomic E-state index is -3.78. The number of para-hydroxylation sites is 2. The number of piperidine rings is 1. The van der Waals surface area contributed by atoms with Crippen LogP contribution in [0.4, 0.5) is 4.39 Å². The van der Waals surface area contributed by atoms with Crippen molar-refractivity contribution in [3.63, 3.8) is 0 Å². The standard InChI is InChI=1S/C22H27FN2O5S/c1-16(15-30-21-8-4-3-7-20(21)29-2)24-22(26)17-6-5-13-25(14-17)31(27,28)19-11-9-18(23)10-12-19/h3-4,7-12,16-17H,5-6,13-15H2,1-2H3,(H,24,26). The van der Waals surface area contributed by atoms with Gasteiger partial charge in [-0.2, -0.15) is 4.31 Å². The molecule has 1 fully saturated rings. The first kappa shape index (κ1) is 23.0. The molecule has 1 aliphatic heterocycles. The van der Waals surface area contributed by atoms with Crippen molar-refractivity contribution in [3.8, 4) is 11.5 Å². The smallest absolute Gasteiger partial charge is 0.243 e. The van der Waals surface area contributed by atoms with Crippen molar-refractivity contribution in [3.05, 3.63) is 54.3 Å². The fraction of sp³-hybridized carbons (Fsp3) is 0.409. The number of hydrogen-bond donors (Lipinski definition) is 1. The molecule has 7 nitrogen and oxygen atoms in total. The normalized spacial score (nSPS) is 18.2. The van der Waals surface area contributed by atoms with Crippen LogP contribution in [0.1, 0.15) is 19.8 Å². The lowest BCUT2D eigenvalue weighted by Gasteiger charge is -2.31. The van der Waals surface area contributed by atoms with Gasteiger partial charge in [-0.05, 0) is 56.2 Å². The van der Waals surface area contributed by atoms with Gasteiger partial charge in [-0.3, -0.25) is 4.79 Å². The second kappa shape index (κ2) is 10.1. The summed E-state index contributed by atoms with van der Waals surface area (Å²) in [5.74, 6) is 0.0160. The maximum Gasteiger partial charge on any atom is 0.243 e. The molecule has 168 valence electrons. The third-order valence-electron chi connectivity index (χ3n) is 5.15. The minimum Gasteiger partial charge on any atom is -0.493 e. The number of nitrogens with zero attached hydrogens (tertiary/aromatic N) is 1. The van der Waals surface area contributed by atoms with Gasteiger partial charge in [0.15, 0.2) is 11.5 Å². The first-order chi connectivity index (χ1) is 14.8. The highest BCUT2D eigenvalue weighted by Gasteiger charge is 2.33. The molecule has 0 aliphatic carbocycles. The Morgan fingerprint density at radius 3 is 2.55 bits per heavy atom. The van der Waals surface area contributed by atoms with Gasteiger partial charge in [0.25, 0.3) is 0 Å². The number of halogens is 1. The highest BCUT2D eigenvalue weighted by atomic mass is 32.2. The Balaban J connectivity index is 1.57. The van der Waals surface area contributed by atoms with E-state index in [1.165, 1.54) is 16.4 Å². The van der Waals surface area contributed by atoms with Gasteiger partial charge in [0, 0.05) is 13.1 Å². The summed E-state index contributed by atoms with van der Waals surface area (Å²) < 4.78 is 51.1. The molecule has 9 heteroatoms. The van der Waals surface area contributed by atoms with E-state index < -0.39 is 21.8 Å². The number of carbonyl (C=O) groups excluding carboxylic acids is 1. The number of methoxy groups -OCH3 is 1. The molecule has 1 aliphatic rings. The van der Waals surface area contributed by atoms with Crippen molar-refractivity contribution < 1.29 is 27.1 Å². The maximum atomic E-state index is 13.1. The lowest BCUT2D eigenvalue weighted by molar-refractivity contribution is -0.126. The SMILES string of the molecule is COc1ccccc1OCC(C)NC(=O)C1CCCN(S(=O)(=O)c2ccc(F)cc2)C1. The number of nitrogens with one attached hydrogen (secondary N) is 1. The molecule has 2 atom stereocenters. The zero-order chi connectivity index (χ0) is 22.4. The van der Waals surface area contributed by atoms with Crippen molar-refractivity contribution in [1.82, 2.24) is 9.62 Å². The molecule has 0 saturated carbocycles. The van der Waals surface area contributed by atoms with Crippen LogP contribution in [0.15, 0.2) is 53.4 Å². The largest absolute Gasteiger partial charge is 0.493 e. The summed E-state index contributed by atoms with van der Waals surface area (Å²) in [6.45, 7) is 2.49. The predicted molar refractivity (Wildman–Crippen MR) is 114 cm³/mol. The number of rotatable bonds is 8. The van der Waals surface area contributed by atoms with Crippen LogP contribution in [0.5, 0.6) is 11.5 Å². The topological polar surface area (TPSA) is 84.9 Å². The number of hydrogen-bond acceptors (Lipinski definition) is 5. The summed E-state index contributed by atoms with van der Waals surface area (Å²) in [6, 6.07) is 11.7. The van der Waals surface area contributed by atoms with Gasteiger partial charge in [0.1, 0.15) is 12.4 Å². The fourth-order valence-corrected chi connectivity index (χ4v) is 5.01. The van der Waals surface area contributed by atoms with Crippen LogP contribution in [-0.2, 0) is 14.8 Å². The van der Waals surface area contributed by atoms with E-state index in [2.05, 4.69) is 5.32 Å². The molecule has 1 saturated heterocycles. The van der Waals surface area contributed by atoms with E-state index in [-0.39, 0.29) is 30.0 Å². The Morgan fingerprint density at radius 1 is 1.19 bits per heavy atom. The molecule has 0 bridgehead atoms. The summed E-state index contributed by atoms with van der Waals surface area (Å²) in [7, 11) is -2.22. The first-order valence-electron chi connectivity index (χ1n) is 10.1. The van der Waals surface area contributed by atoms with Gasteiger partial charge in [0.2, 0.25) is 15.9 Å². The average Bonchev–Trinajstić information content (AvgIpc) is 2.78. The molecule has 3 rings (SSSR count). The van der Waals surface area contributed by atoms with Crippen molar-refractivity contribution in [2.45, 2.75) is 30.7 Å². The van der Waals surface area contributed by atoms with E-state index in [0.717, 1.165) is 12.1 Å². The molecule has 2 unspecified atom stereocenters. The number of benzene rings is 2. The molecule has 31 heavy (non-hydrogen) atoms. The van der Waals surface area contributed by atoms with E-state index in [9.17, 15) is 17.6 Å². The van der Waals surface area contributed by atoms with Crippen LogP contribution >= 0.6 is 0 Å². The molecule has 1 N–H and O–H groups in total. The van der Waals surface area contributed by atoms with Crippen LogP contribution in [0.25, 0.3) is 0 Å². The molecule has 2 aromatic carbocycles. The molecule has 1 amide bonds. The Morgan fingerprint density at radius 2 is 1.87 bits per heavy atom. The minimum absolute atomic E-state index is 0.0218. The Bertz CT molecular complexity index is 997. The fourth-order valence-electron chi connectivity index (χ4n) is 3.49. The van der Waals surface area contributed by atoms with Crippen LogP contribution in [0, 0.1) is 11.7 Å². The van der Waals surface area contributed by atoms with Gasteiger partial charge in [0.05, 0.1) is 24.0 Å². The van der Waals surface area contributed by atoms with E-state index in [1.54, 1.807) is 19.2 Å². The monoisotopic (exact) mass is 450 g/mol. The van der Waals surface area contributed by atoms with Crippen LogP contribution in [0.2, 0.25) is 0 Å². The molecule has 1 heterocycles. The van der Waals surface area contributed by atoms with Gasteiger partial charge in [-0.1, -0.05) is 12.1 Å². The molecular weight excluding hydrogens is 423 g/mol. The summed E-state index contributed by atoms with van der Waals surface area (Å²) >= 11 is 0. The van der Waals surface area contributed by atoms with Gasteiger partial charge >= 0.3 is 0 Å². The number of ether oxygens (including phenoxy) is 2. The van der Waals surface area contributed by atoms with Gasteiger partial charge < -0.3 is 14.8 Å². The summed E-state index contributed by atoms with van der Waals surface area (Å²) in [5.41, 5.74) is 0. The van der Waals surface area contributed by atoms with Crippen LogP contribution < -0.4 is 14.8 Å². The number of carbonyl (C=O) groups is 1. The maximum absolute atomic E-state index is 13.1. The van der Waals surface area contributed by atoms with Gasteiger partial charge in [-0.25, -0.2) is 12.8 Å². The molecule has 0 aromatic heterocycles. The van der Waals surface area contributed by atoms with E-state index in [1.807, 2.05) is 19.1 Å². The lowest BCUT2D eigenvalue weighted by Crippen LogP contribution is -2.48. The summed E-state index contributed by atoms with van der Waals surface area (Å²) in [4.78, 5) is 12.8. The lowest BCUT2D eigenvalue weighted by atomic mass is 9.98. The van der Waals surface area contributed by atoms with E-state index in [4.69, 9.17) is 9.47 Å². The van der Waals surface area contributed by atoms with Crippen LogP contribution in [0.3, 0.4) is 0 Å². The van der Waals surface area contributed by atoms with Crippen molar-refractivity contribution in [1.29, 1.82) is 0 Å². The number of sulfonamides is 1. The highest BCUT2D eigenvalue weighted by Crippen LogP contribution is 2.26. The third-order valence-corrected chi connectivity index (χ3v) is 7.03. The molecule has 0 radical (unpaired) electrons.